The van der Waals surface area contributed by atoms with Crippen molar-refractivity contribution in [2.24, 2.45) is 0 Å². The zero-order valence-corrected chi connectivity index (χ0v) is 17.9. The first kappa shape index (κ1) is 23.1. The summed E-state index contributed by atoms with van der Waals surface area (Å²) in [5, 5.41) is 12.7. The fourth-order valence-corrected chi connectivity index (χ4v) is 4.43. The second-order valence-corrected chi connectivity index (χ2v) is 8.41. The van der Waals surface area contributed by atoms with Gasteiger partial charge in [0, 0.05) is 38.7 Å². The number of benzene rings is 1. The lowest BCUT2D eigenvalue weighted by Crippen LogP contribution is -2.54. The molecule has 2 aromatic rings. The molecule has 2 aliphatic rings. The van der Waals surface area contributed by atoms with Crippen molar-refractivity contribution >= 4 is 17.8 Å². The number of nitrogens with one attached hydrogen (secondary N) is 1. The van der Waals surface area contributed by atoms with E-state index in [-0.39, 0.29) is 26.0 Å². The molecular weight excluding hydrogens is 441 g/mol. The molecule has 0 radical (unpaired) electrons. The van der Waals surface area contributed by atoms with E-state index in [1.54, 1.807) is 24.3 Å². The maximum Gasteiger partial charge on any atom is 0.406 e. The summed E-state index contributed by atoms with van der Waals surface area (Å²) in [6.45, 7) is -0.168. The number of hydrogen-bond acceptors (Lipinski definition) is 5. The van der Waals surface area contributed by atoms with Gasteiger partial charge in [-0.15, -0.1) is 0 Å². The molecule has 0 spiro atoms. The van der Waals surface area contributed by atoms with Gasteiger partial charge in [-0.05, 0) is 17.5 Å². The summed E-state index contributed by atoms with van der Waals surface area (Å²) in [7, 11) is 0. The highest BCUT2D eigenvalue weighted by molar-refractivity contribution is 5.90. The third kappa shape index (κ3) is 5.29. The van der Waals surface area contributed by atoms with E-state index in [1.165, 1.54) is 0 Å². The van der Waals surface area contributed by atoms with Gasteiger partial charge in [0.25, 0.3) is 5.91 Å². The van der Waals surface area contributed by atoms with E-state index in [9.17, 15) is 27.9 Å². The fourth-order valence-electron chi connectivity index (χ4n) is 4.43. The van der Waals surface area contributed by atoms with E-state index in [2.05, 4.69) is 10.3 Å². The molecule has 2 N–H and O–H groups in total. The molecule has 0 aliphatic carbocycles. The van der Waals surface area contributed by atoms with Crippen molar-refractivity contribution in [1.82, 2.24) is 14.5 Å². The van der Waals surface area contributed by atoms with Crippen LogP contribution in [-0.2, 0) is 40.3 Å². The number of fused-ring (bicyclic) bond motifs is 2. The lowest BCUT2D eigenvalue weighted by Gasteiger charge is -2.34. The normalized spacial score (nSPS) is 20.6. The van der Waals surface area contributed by atoms with E-state index < -0.39 is 36.6 Å². The molecule has 1 aromatic carbocycles. The van der Waals surface area contributed by atoms with E-state index in [0.717, 1.165) is 25.5 Å². The van der Waals surface area contributed by atoms with Gasteiger partial charge in [0.2, 0.25) is 5.95 Å². The van der Waals surface area contributed by atoms with Crippen LogP contribution in [0.1, 0.15) is 29.7 Å². The first-order chi connectivity index (χ1) is 15.7. The van der Waals surface area contributed by atoms with Crippen molar-refractivity contribution in [1.29, 1.82) is 0 Å². The Morgan fingerprint density at radius 1 is 1.27 bits per heavy atom. The lowest BCUT2D eigenvalue weighted by atomic mass is 9.89. The van der Waals surface area contributed by atoms with Crippen LogP contribution < -0.4 is 5.32 Å². The number of carboxylic acids is 1. The molecule has 0 bridgehead atoms. The van der Waals surface area contributed by atoms with E-state index in [0.29, 0.717) is 21.7 Å². The van der Waals surface area contributed by atoms with Crippen molar-refractivity contribution in [3.05, 3.63) is 47.3 Å². The molecule has 178 valence electrons. The number of aryl methyl sites for hydroxylation is 1. The summed E-state index contributed by atoms with van der Waals surface area (Å²) < 4.78 is 47.6. The highest BCUT2D eigenvalue weighted by Gasteiger charge is 2.49. The Morgan fingerprint density at radius 2 is 2.03 bits per heavy atom. The number of hydrogen-bond donors (Lipinski definition) is 2. The highest BCUT2D eigenvalue weighted by atomic mass is 19.4. The minimum absolute atomic E-state index is 0.0580. The monoisotopic (exact) mass is 466 g/mol. The van der Waals surface area contributed by atoms with Gasteiger partial charge >= 0.3 is 12.1 Å². The molecule has 1 atom stereocenters. The fraction of sp³-hybridized carbons (Fsp3) is 0.500. The van der Waals surface area contributed by atoms with Gasteiger partial charge in [-0.2, -0.15) is 13.2 Å². The number of nitrogens with zero attached hydrogens (tertiary/aromatic N) is 3. The summed E-state index contributed by atoms with van der Waals surface area (Å²) in [5.74, 6) is -1.56. The van der Waals surface area contributed by atoms with Crippen LogP contribution in [0.4, 0.5) is 19.1 Å². The Bertz CT molecular complexity index is 1020. The number of ether oxygens (including phenoxy) is 1. The van der Waals surface area contributed by atoms with Crippen LogP contribution in [0.15, 0.2) is 30.5 Å². The second kappa shape index (κ2) is 9.05. The van der Waals surface area contributed by atoms with Gasteiger partial charge in [-0.25, -0.2) is 4.98 Å². The Kier molecular flexibility index (Phi) is 6.33. The minimum Gasteiger partial charge on any atom is -0.481 e. The molecule has 11 heteroatoms. The van der Waals surface area contributed by atoms with Gasteiger partial charge in [0.05, 0.1) is 18.7 Å². The van der Waals surface area contributed by atoms with Gasteiger partial charge in [0.1, 0.15) is 6.54 Å². The summed E-state index contributed by atoms with van der Waals surface area (Å²) in [6, 6.07) is 6.71. The van der Waals surface area contributed by atoms with E-state index in [1.807, 2.05) is 10.8 Å². The average molecular weight is 466 g/mol. The van der Waals surface area contributed by atoms with Gasteiger partial charge in [0.15, 0.2) is 5.60 Å². The quantitative estimate of drug-likeness (QED) is 0.651. The third-order valence-electron chi connectivity index (χ3n) is 5.86. The number of amides is 1. The molecule has 4 rings (SSSR count). The van der Waals surface area contributed by atoms with Crippen molar-refractivity contribution in [3.63, 3.8) is 0 Å². The molecular formula is C22H25F3N4O4. The number of aromatic nitrogens is 2. The average Bonchev–Trinajstić information content (AvgIpc) is 3.11. The van der Waals surface area contributed by atoms with Crippen molar-refractivity contribution in [2.45, 2.75) is 50.6 Å². The molecule has 1 amide bonds. The Morgan fingerprint density at radius 3 is 2.73 bits per heavy atom. The van der Waals surface area contributed by atoms with E-state index >= 15 is 0 Å². The Hall–Kier alpha value is -3.08. The van der Waals surface area contributed by atoms with Crippen molar-refractivity contribution < 1.29 is 32.6 Å². The zero-order chi connectivity index (χ0) is 23.6. The third-order valence-corrected chi connectivity index (χ3v) is 5.86. The Balaban J connectivity index is 1.60. The second-order valence-electron chi connectivity index (χ2n) is 8.41. The van der Waals surface area contributed by atoms with Crippen LogP contribution >= 0.6 is 0 Å². The molecule has 0 fully saturated rings. The molecule has 1 aromatic heterocycles. The number of imidazole rings is 1. The van der Waals surface area contributed by atoms with Crippen LogP contribution in [0.2, 0.25) is 0 Å². The molecule has 0 saturated heterocycles. The van der Waals surface area contributed by atoms with Crippen LogP contribution in [0.25, 0.3) is 0 Å². The lowest BCUT2D eigenvalue weighted by molar-refractivity contribution is -0.181. The number of rotatable bonds is 7. The van der Waals surface area contributed by atoms with Crippen LogP contribution in [0.5, 0.6) is 0 Å². The number of anilines is 1. The Labute approximate surface area is 188 Å². The van der Waals surface area contributed by atoms with Crippen molar-refractivity contribution in [3.8, 4) is 0 Å². The predicted molar refractivity (Wildman–Crippen MR) is 112 cm³/mol. The summed E-state index contributed by atoms with van der Waals surface area (Å²) in [5.41, 5.74) is -0.114. The molecule has 2 aliphatic heterocycles. The van der Waals surface area contributed by atoms with Crippen LogP contribution in [0.3, 0.4) is 0 Å². The SMILES string of the molecule is O=C(O)C[C@@]1(OCCc2cn3c(n2)NCCC3)Cc2ccccc2CN(CC(F)(F)F)C1=O. The molecule has 3 heterocycles. The van der Waals surface area contributed by atoms with Gasteiger partial charge in [-0.3, -0.25) is 9.59 Å². The largest absolute Gasteiger partial charge is 0.481 e. The first-order valence-electron chi connectivity index (χ1n) is 10.7. The number of alkyl halides is 3. The van der Waals surface area contributed by atoms with Gasteiger partial charge < -0.3 is 24.6 Å². The predicted octanol–water partition coefficient (Wildman–Crippen LogP) is 2.62. The summed E-state index contributed by atoms with van der Waals surface area (Å²) in [6.07, 6.45) is -2.39. The molecule has 0 unspecified atom stereocenters. The highest BCUT2D eigenvalue weighted by Crippen LogP contribution is 2.33. The number of carboxylic acid groups (broad SMARTS) is 1. The van der Waals surface area contributed by atoms with Crippen LogP contribution in [0, 0.1) is 0 Å². The molecule has 0 saturated carbocycles. The first-order valence-corrected chi connectivity index (χ1v) is 10.7. The maximum absolute atomic E-state index is 13.4. The number of carbonyl (C=O) groups excluding carboxylic acids is 1. The number of halogens is 3. The summed E-state index contributed by atoms with van der Waals surface area (Å²) >= 11 is 0. The topological polar surface area (TPSA) is 96.7 Å². The maximum atomic E-state index is 13.4. The minimum atomic E-state index is -4.63. The van der Waals surface area contributed by atoms with E-state index in [4.69, 9.17) is 4.74 Å². The number of carbonyl (C=O) groups is 2. The number of aliphatic carboxylic acids is 1. The van der Waals surface area contributed by atoms with Gasteiger partial charge in [-0.1, -0.05) is 24.3 Å². The standard InChI is InChI=1S/C22H25F3N4O4/c23-22(24,25)14-29-12-16-5-2-1-4-15(16)10-21(19(29)32,11-18(30)31)33-9-6-17-13-28-8-3-7-26-20(28)27-17/h1-2,4-5,13H,3,6-12,14H2,(H,26,27)(H,30,31)/t21-/m0/s1. The molecule has 33 heavy (non-hydrogen) atoms. The summed E-state index contributed by atoms with van der Waals surface area (Å²) in [4.78, 5) is 30.2. The zero-order valence-electron chi connectivity index (χ0n) is 17.9. The van der Waals surface area contributed by atoms with Crippen molar-refractivity contribution in [2.75, 3.05) is 25.0 Å². The molecule has 8 nitrogen and oxygen atoms in total. The smallest absolute Gasteiger partial charge is 0.406 e. The van der Waals surface area contributed by atoms with Crippen LogP contribution in [-0.4, -0.2) is 62.9 Å².